The standard InChI is InChI=1S/C12H19N3S/c1-9(2)6-10(13-3)7-11-8-15-4-5-16-12(15)14-11/h4-5,8-10,13H,6-7H2,1-3H3. The average Bonchev–Trinajstić information content (AvgIpc) is 2.75. The molecule has 2 aromatic heterocycles. The first kappa shape index (κ1) is 11.6. The molecule has 2 aromatic rings. The lowest BCUT2D eigenvalue weighted by Crippen LogP contribution is -2.29. The van der Waals surface area contributed by atoms with E-state index in [1.165, 1.54) is 12.1 Å². The fraction of sp³-hybridized carbons (Fsp3) is 0.583. The van der Waals surface area contributed by atoms with Crippen molar-refractivity contribution < 1.29 is 0 Å². The van der Waals surface area contributed by atoms with Crippen molar-refractivity contribution in [2.24, 2.45) is 5.92 Å². The lowest BCUT2D eigenvalue weighted by atomic mass is 10.0. The Balaban J connectivity index is 2.05. The summed E-state index contributed by atoms with van der Waals surface area (Å²) in [6.07, 6.45) is 6.41. The van der Waals surface area contributed by atoms with Crippen molar-refractivity contribution >= 4 is 16.3 Å². The Morgan fingerprint density at radius 3 is 2.94 bits per heavy atom. The van der Waals surface area contributed by atoms with Gasteiger partial charge >= 0.3 is 0 Å². The second-order valence-electron chi connectivity index (χ2n) is 4.64. The Morgan fingerprint density at radius 2 is 2.31 bits per heavy atom. The minimum Gasteiger partial charge on any atom is -0.317 e. The molecule has 0 aliphatic carbocycles. The van der Waals surface area contributed by atoms with E-state index in [9.17, 15) is 0 Å². The van der Waals surface area contributed by atoms with E-state index in [0.717, 1.165) is 17.3 Å². The van der Waals surface area contributed by atoms with E-state index < -0.39 is 0 Å². The molecule has 0 saturated heterocycles. The summed E-state index contributed by atoms with van der Waals surface area (Å²) in [5.74, 6) is 0.723. The summed E-state index contributed by atoms with van der Waals surface area (Å²) < 4.78 is 2.10. The van der Waals surface area contributed by atoms with E-state index >= 15 is 0 Å². The van der Waals surface area contributed by atoms with Crippen molar-refractivity contribution in [1.29, 1.82) is 0 Å². The quantitative estimate of drug-likeness (QED) is 0.866. The van der Waals surface area contributed by atoms with Gasteiger partial charge in [0.1, 0.15) is 0 Å². The lowest BCUT2D eigenvalue weighted by molar-refractivity contribution is 0.439. The second kappa shape index (κ2) is 4.97. The highest BCUT2D eigenvalue weighted by atomic mass is 32.1. The highest BCUT2D eigenvalue weighted by Crippen LogP contribution is 2.14. The van der Waals surface area contributed by atoms with E-state index in [0.29, 0.717) is 6.04 Å². The Hall–Kier alpha value is -0.870. The predicted octanol–water partition coefficient (Wildman–Crippen LogP) is 2.57. The Morgan fingerprint density at radius 1 is 1.50 bits per heavy atom. The molecule has 0 aliphatic heterocycles. The van der Waals surface area contributed by atoms with E-state index in [1.807, 2.05) is 7.05 Å². The molecule has 0 aliphatic rings. The smallest absolute Gasteiger partial charge is 0.193 e. The van der Waals surface area contributed by atoms with Crippen LogP contribution in [-0.2, 0) is 6.42 Å². The highest BCUT2D eigenvalue weighted by molar-refractivity contribution is 7.15. The third-order valence-corrected chi connectivity index (χ3v) is 3.53. The van der Waals surface area contributed by atoms with Crippen LogP contribution >= 0.6 is 11.3 Å². The number of rotatable bonds is 5. The maximum absolute atomic E-state index is 4.61. The molecular formula is C12H19N3S. The van der Waals surface area contributed by atoms with Crippen LogP contribution in [0.15, 0.2) is 17.8 Å². The summed E-state index contributed by atoms with van der Waals surface area (Å²) in [5, 5.41) is 5.44. The summed E-state index contributed by atoms with van der Waals surface area (Å²) >= 11 is 1.69. The van der Waals surface area contributed by atoms with Gasteiger partial charge in [0, 0.05) is 30.2 Å². The van der Waals surface area contributed by atoms with Crippen LogP contribution in [-0.4, -0.2) is 22.5 Å². The van der Waals surface area contributed by atoms with Gasteiger partial charge in [-0.25, -0.2) is 4.98 Å². The molecule has 0 amide bonds. The first-order valence-corrected chi connectivity index (χ1v) is 6.65. The molecule has 3 nitrogen and oxygen atoms in total. The van der Waals surface area contributed by atoms with Crippen LogP contribution in [0.5, 0.6) is 0 Å². The molecule has 88 valence electrons. The number of hydrogen-bond donors (Lipinski definition) is 1. The maximum atomic E-state index is 4.61. The minimum atomic E-state index is 0.532. The molecule has 0 saturated carbocycles. The number of nitrogens with one attached hydrogen (secondary N) is 1. The number of aromatic nitrogens is 2. The van der Waals surface area contributed by atoms with Crippen LogP contribution < -0.4 is 5.32 Å². The molecule has 0 fully saturated rings. The largest absolute Gasteiger partial charge is 0.317 e. The van der Waals surface area contributed by atoms with Crippen LogP contribution in [0, 0.1) is 5.92 Å². The first-order valence-electron chi connectivity index (χ1n) is 5.77. The zero-order valence-electron chi connectivity index (χ0n) is 10.1. The zero-order chi connectivity index (χ0) is 11.5. The molecule has 0 radical (unpaired) electrons. The fourth-order valence-electron chi connectivity index (χ4n) is 2.00. The first-order chi connectivity index (χ1) is 7.69. The maximum Gasteiger partial charge on any atom is 0.193 e. The average molecular weight is 237 g/mol. The van der Waals surface area contributed by atoms with E-state index in [-0.39, 0.29) is 0 Å². The van der Waals surface area contributed by atoms with E-state index in [1.54, 1.807) is 11.3 Å². The van der Waals surface area contributed by atoms with Gasteiger partial charge in [0.15, 0.2) is 4.96 Å². The molecule has 1 atom stereocenters. The highest BCUT2D eigenvalue weighted by Gasteiger charge is 2.12. The van der Waals surface area contributed by atoms with Gasteiger partial charge in [0.25, 0.3) is 0 Å². The minimum absolute atomic E-state index is 0.532. The van der Waals surface area contributed by atoms with Crippen LogP contribution in [0.25, 0.3) is 4.96 Å². The summed E-state index contributed by atoms with van der Waals surface area (Å²) in [7, 11) is 2.03. The van der Waals surface area contributed by atoms with Crippen LogP contribution in [0.2, 0.25) is 0 Å². The Kier molecular flexibility index (Phi) is 3.61. The van der Waals surface area contributed by atoms with Crippen molar-refractivity contribution in [3.05, 3.63) is 23.5 Å². The summed E-state index contributed by atoms with van der Waals surface area (Å²) in [5.41, 5.74) is 1.19. The number of likely N-dealkylation sites (N-methyl/N-ethyl adjacent to an activating group) is 1. The molecule has 0 aromatic carbocycles. The van der Waals surface area contributed by atoms with E-state index in [4.69, 9.17) is 0 Å². The third-order valence-electron chi connectivity index (χ3n) is 2.76. The predicted molar refractivity (Wildman–Crippen MR) is 69.1 cm³/mol. The van der Waals surface area contributed by atoms with Gasteiger partial charge in [0.05, 0.1) is 5.69 Å². The second-order valence-corrected chi connectivity index (χ2v) is 5.52. The molecule has 16 heavy (non-hydrogen) atoms. The molecule has 2 heterocycles. The third kappa shape index (κ3) is 2.62. The molecular weight excluding hydrogens is 218 g/mol. The van der Waals surface area contributed by atoms with Crippen LogP contribution in [0.4, 0.5) is 0 Å². The van der Waals surface area contributed by atoms with Gasteiger partial charge in [-0.05, 0) is 19.4 Å². The van der Waals surface area contributed by atoms with Crippen molar-refractivity contribution in [2.45, 2.75) is 32.7 Å². The van der Waals surface area contributed by atoms with Gasteiger partial charge in [0.2, 0.25) is 0 Å². The number of fused-ring (bicyclic) bond motifs is 1. The van der Waals surface area contributed by atoms with Gasteiger partial charge in [-0.15, -0.1) is 11.3 Å². The zero-order valence-corrected chi connectivity index (χ0v) is 10.9. The number of hydrogen-bond acceptors (Lipinski definition) is 3. The van der Waals surface area contributed by atoms with Crippen molar-refractivity contribution in [2.75, 3.05) is 7.05 Å². The summed E-state index contributed by atoms with van der Waals surface area (Å²) in [4.78, 5) is 5.70. The summed E-state index contributed by atoms with van der Waals surface area (Å²) in [6, 6.07) is 0.532. The molecule has 4 heteroatoms. The molecule has 1 unspecified atom stereocenters. The lowest BCUT2D eigenvalue weighted by Gasteiger charge is -2.16. The SMILES string of the molecule is CNC(Cc1cn2ccsc2n1)CC(C)C. The van der Waals surface area contributed by atoms with Crippen molar-refractivity contribution in [3.8, 4) is 0 Å². The fourth-order valence-corrected chi connectivity index (χ4v) is 2.72. The van der Waals surface area contributed by atoms with E-state index in [2.05, 4.69) is 46.3 Å². The Bertz CT molecular complexity index is 415. The molecule has 1 N–H and O–H groups in total. The van der Waals surface area contributed by atoms with Crippen LogP contribution in [0.3, 0.4) is 0 Å². The molecule has 2 rings (SSSR count). The van der Waals surface area contributed by atoms with Gasteiger partial charge < -0.3 is 5.32 Å². The van der Waals surface area contributed by atoms with Gasteiger partial charge in [-0.1, -0.05) is 13.8 Å². The number of nitrogens with zero attached hydrogens (tertiary/aromatic N) is 2. The normalized spacial score (nSPS) is 13.8. The van der Waals surface area contributed by atoms with Gasteiger partial charge in [-0.2, -0.15) is 0 Å². The molecule has 0 spiro atoms. The molecule has 0 bridgehead atoms. The number of thiazole rings is 1. The summed E-state index contributed by atoms with van der Waals surface area (Å²) in [6.45, 7) is 4.52. The van der Waals surface area contributed by atoms with Gasteiger partial charge in [-0.3, -0.25) is 4.40 Å². The Labute approximate surface area is 101 Å². The van der Waals surface area contributed by atoms with Crippen LogP contribution in [0.1, 0.15) is 26.0 Å². The monoisotopic (exact) mass is 237 g/mol. The van der Waals surface area contributed by atoms with Crippen molar-refractivity contribution in [3.63, 3.8) is 0 Å². The van der Waals surface area contributed by atoms with Crippen molar-refractivity contribution in [1.82, 2.24) is 14.7 Å². The topological polar surface area (TPSA) is 29.3 Å². The number of imidazole rings is 1.